The van der Waals surface area contributed by atoms with E-state index in [1.165, 1.54) is 0 Å². The molecule has 2 N–H and O–H groups in total. The Morgan fingerprint density at radius 3 is 2.35 bits per heavy atom. The van der Waals surface area contributed by atoms with E-state index in [2.05, 4.69) is 6.92 Å². The SMILES string of the molecule is CCC[C@H](N)c1ccc(OCc2ccccc2)c(OCC)c1.Cl. The van der Waals surface area contributed by atoms with E-state index in [0.29, 0.717) is 13.2 Å². The minimum absolute atomic E-state index is 0. The van der Waals surface area contributed by atoms with Gasteiger partial charge in [0.2, 0.25) is 0 Å². The van der Waals surface area contributed by atoms with E-state index < -0.39 is 0 Å². The number of hydrogen-bond acceptors (Lipinski definition) is 3. The number of benzene rings is 2. The van der Waals surface area contributed by atoms with E-state index in [1.807, 2.05) is 55.5 Å². The zero-order valence-electron chi connectivity index (χ0n) is 13.8. The van der Waals surface area contributed by atoms with Gasteiger partial charge in [0.25, 0.3) is 0 Å². The molecule has 0 amide bonds. The normalized spacial score (nSPS) is 11.4. The van der Waals surface area contributed by atoms with Gasteiger partial charge >= 0.3 is 0 Å². The molecule has 2 aromatic rings. The van der Waals surface area contributed by atoms with Gasteiger partial charge in [-0.3, -0.25) is 0 Å². The van der Waals surface area contributed by atoms with Crippen LogP contribution in [0.1, 0.15) is 43.9 Å². The molecule has 126 valence electrons. The molecular formula is C19H26ClNO2. The molecule has 1 atom stereocenters. The van der Waals surface area contributed by atoms with Gasteiger partial charge in [-0.2, -0.15) is 0 Å². The lowest BCUT2D eigenvalue weighted by Gasteiger charge is -2.16. The maximum Gasteiger partial charge on any atom is 0.161 e. The summed E-state index contributed by atoms with van der Waals surface area (Å²) in [6.07, 6.45) is 2.03. The third kappa shape index (κ3) is 5.77. The Bertz CT molecular complexity index is 575. The summed E-state index contributed by atoms with van der Waals surface area (Å²) in [4.78, 5) is 0. The number of halogens is 1. The van der Waals surface area contributed by atoms with Crippen molar-refractivity contribution >= 4 is 12.4 Å². The minimum atomic E-state index is 0. The number of nitrogens with two attached hydrogens (primary N) is 1. The first-order valence-electron chi connectivity index (χ1n) is 7.93. The molecule has 4 heteroatoms. The van der Waals surface area contributed by atoms with Gasteiger partial charge in [0, 0.05) is 6.04 Å². The third-order valence-corrected chi connectivity index (χ3v) is 3.53. The highest BCUT2D eigenvalue weighted by Crippen LogP contribution is 2.31. The maximum atomic E-state index is 6.19. The predicted molar refractivity (Wildman–Crippen MR) is 97.5 cm³/mol. The van der Waals surface area contributed by atoms with Crippen molar-refractivity contribution in [3.63, 3.8) is 0 Å². The summed E-state index contributed by atoms with van der Waals surface area (Å²) in [5.74, 6) is 1.53. The van der Waals surface area contributed by atoms with Crippen molar-refractivity contribution in [3.05, 3.63) is 59.7 Å². The average molecular weight is 336 g/mol. The zero-order valence-corrected chi connectivity index (χ0v) is 14.6. The van der Waals surface area contributed by atoms with Crippen LogP contribution in [-0.2, 0) is 6.61 Å². The van der Waals surface area contributed by atoms with Crippen LogP contribution in [0, 0.1) is 0 Å². The van der Waals surface area contributed by atoms with E-state index in [9.17, 15) is 0 Å². The fraction of sp³-hybridized carbons (Fsp3) is 0.368. The number of ether oxygens (including phenoxy) is 2. The highest BCUT2D eigenvalue weighted by Gasteiger charge is 2.11. The number of hydrogen-bond donors (Lipinski definition) is 1. The van der Waals surface area contributed by atoms with Gasteiger partial charge in [0.05, 0.1) is 6.61 Å². The first-order valence-corrected chi connectivity index (χ1v) is 7.93. The lowest BCUT2D eigenvalue weighted by molar-refractivity contribution is 0.269. The van der Waals surface area contributed by atoms with E-state index >= 15 is 0 Å². The zero-order chi connectivity index (χ0) is 15.8. The molecule has 0 aliphatic carbocycles. The summed E-state index contributed by atoms with van der Waals surface area (Å²) in [5.41, 5.74) is 8.42. The van der Waals surface area contributed by atoms with Crippen molar-refractivity contribution in [2.75, 3.05) is 6.61 Å². The van der Waals surface area contributed by atoms with Crippen LogP contribution in [0.5, 0.6) is 11.5 Å². The summed E-state index contributed by atoms with van der Waals surface area (Å²) < 4.78 is 11.6. The van der Waals surface area contributed by atoms with Gasteiger partial charge in [-0.05, 0) is 36.6 Å². The summed E-state index contributed by atoms with van der Waals surface area (Å²) in [6, 6.07) is 16.2. The van der Waals surface area contributed by atoms with E-state index in [4.69, 9.17) is 15.2 Å². The van der Waals surface area contributed by atoms with Crippen molar-refractivity contribution in [3.8, 4) is 11.5 Å². The molecule has 0 fully saturated rings. The highest BCUT2D eigenvalue weighted by molar-refractivity contribution is 5.85. The predicted octanol–water partition coefficient (Wildman–Crippen LogP) is 4.89. The molecule has 3 nitrogen and oxygen atoms in total. The summed E-state index contributed by atoms with van der Waals surface area (Å²) in [6.45, 7) is 5.25. The Labute approximate surface area is 145 Å². The minimum Gasteiger partial charge on any atom is -0.490 e. The van der Waals surface area contributed by atoms with E-state index in [-0.39, 0.29) is 18.4 Å². The monoisotopic (exact) mass is 335 g/mol. The lowest BCUT2D eigenvalue weighted by Crippen LogP contribution is -2.10. The molecule has 23 heavy (non-hydrogen) atoms. The van der Waals surface area contributed by atoms with Crippen LogP contribution in [-0.4, -0.2) is 6.61 Å². The second-order valence-electron chi connectivity index (χ2n) is 5.31. The molecule has 0 spiro atoms. The van der Waals surface area contributed by atoms with Crippen LogP contribution >= 0.6 is 12.4 Å². The van der Waals surface area contributed by atoms with Gasteiger partial charge in [-0.25, -0.2) is 0 Å². The molecule has 0 aromatic heterocycles. The van der Waals surface area contributed by atoms with Gasteiger partial charge < -0.3 is 15.2 Å². The average Bonchev–Trinajstić information content (AvgIpc) is 2.55. The third-order valence-electron chi connectivity index (χ3n) is 3.53. The van der Waals surface area contributed by atoms with Crippen molar-refractivity contribution in [1.82, 2.24) is 0 Å². The molecule has 2 aromatic carbocycles. The van der Waals surface area contributed by atoms with Crippen molar-refractivity contribution < 1.29 is 9.47 Å². The van der Waals surface area contributed by atoms with Gasteiger partial charge in [-0.1, -0.05) is 49.7 Å². The maximum absolute atomic E-state index is 6.19. The van der Waals surface area contributed by atoms with Crippen LogP contribution in [0.15, 0.2) is 48.5 Å². The summed E-state index contributed by atoms with van der Waals surface area (Å²) in [7, 11) is 0. The Morgan fingerprint density at radius 1 is 0.957 bits per heavy atom. The molecule has 0 unspecified atom stereocenters. The largest absolute Gasteiger partial charge is 0.490 e. The van der Waals surface area contributed by atoms with Gasteiger partial charge in [0.1, 0.15) is 6.61 Å². The van der Waals surface area contributed by atoms with Crippen LogP contribution in [0.4, 0.5) is 0 Å². The van der Waals surface area contributed by atoms with Gasteiger partial charge in [0.15, 0.2) is 11.5 Å². The Kier molecular flexibility index (Phi) is 8.52. The molecule has 0 aliphatic rings. The topological polar surface area (TPSA) is 44.5 Å². The smallest absolute Gasteiger partial charge is 0.161 e. The molecule has 0 saturated carbocycles. The molecular weight excluding hydrogens is 310 g/mol. The van der Waals surface area contributed by atoms with Crippen LogP contribution in [0.3, 0.4) is 0 Å². The second kappa shape index (κ2) is 10.1. The van der Waals surface area contributed by atoms with Crippen molar-refractivity contribution in [2.45, 2.75) is 39.3 Å². The molecule has 0 bridgehead atoms. The second-order valence-corrected chi connectivity index (χ2v) is 5.31. The first-order chi connectivity index (χ1) is 10.7. The Hall–Kier alpha value is -1.71. The molecule has 0 aliphatic heterocycles. The van der Waals surface area contributed by atoms with E-state index in [1.54, 1.807) is 0 Å². The van der Waals surface area contributed by atoms with Gasteiger partial charge in [-0.15, -0.1) is 12.4 Å². The Morgan fingerprint density at radius 2 is 1.70 bits per heavy atom. The summed E-state index contributed by atoms with van der Waals surface area (Å²) in [5, 5.41) is 0. The quantitative estimate of drug-likeness (QED) is 0.747. The first kappa shape index (κ1) is 19.3. The standard InChI is InChI=1S/C19H25NO2.ClH/c1-3-8-17(20)16-11-12-18(19(13-16)21-4-2)22-14-15-9-6-5-7-10-15;/h5-7,9-13,17H,3-4,8,14,20H2,1-2H3;1H/t17-;/m0./s1. The lowest BCUT2D eigenvalue weighted by atomic mass is 10.0. The summed E-state index contributed by atoms with van der Waals surface area (Å²) >= 11 is 0. The van der Waals surface area contributed by atoms with E-state index in [0.717, 1.165) is 35.5 Å². The van der Waals surface area contributed by atoms with Crippen LogP contribution in [0.25, 0.3) is 0 Å². The fourth-order valence-electron chi connectivity index (χ4n) is 2.36. The van der Waals surface area contributed by atoms with Crippen LogP contribution < -0.4 is 15.2 Å². The number of rotatable bonds is 8. The molecule has 0 saturated heterocycles. The van der Waals surface area contributed by atoms with Crippen molar-refractivity contribution in [1.29, 1.82) is 0 Å². The highest BCUT2D eigenvalue weighted by atomic mass is 35.5. The molecule has 0 radical (unpaired) electrons. The molecule has 0 heterocycles. The Balaban J connectivity index is 0.00000264. The molecule has 2 rings (SSSR count). The van der Waals surface area contributed by atoms with Crippen LogP contribution in [0.2, 0.25) is 0 Å². The van der Waals surface area contributed by atoms with Crippen molar-refractivity contribution in [2.24, 2.45) is 5.73 Å². The fourth-order valence-corrected chi connectivity index (χ4v) is 2.36.